The molecular formula is C19H29NO2. The quantitative estimate of drug-likeness (QED) is 0.679. The summed E-state index contributed by atoms with van der Waals surface area (Å²) in [4.78, 5) is 2.38. The van der Waals surface area contributed by atoms with Crippen molar-refractivity contribution in [3.63, 3.8) is 0 Å². The Hall–Kier alpha value is -1.16. The van der Waals surface area contributed by atoms with Crippen LogP contribution in [0.2, 0.25) is 0 Å². The second-order valence-electron chi connectivity index (χ2n) is 6.14. The van der Waals surface area contributed by atoms with Crippen LogP contribution in [0, 0.1) is 0 Å². The Kier molecular flexibility index (Phi) is 7.10. The molecule has 22 heavy (non-hydrogen) atoms. The molecule has 0 aromatic heterocycles. The van der Waals surface area contributed by atoms with E-state index in [4.69, 9.17) is 9.47 Å². The number of hydrogen-bond donors (Lipinski definition) is 0. The predicted octanol–water partition coefficient (Wildman–Crippen LogP) is 3.95. The molecule has 3 nitrogen and oxygen atoms in total. The van der Waals surface area contributed by atoms with Crippen LogP contribution >= 0.6 is 0 Å². The Morgan fingerprint density at radius 2 is 2.09 bits per heavy atom. The molecule has 0 saturated carbocycles. The van der Waals surface area contributed by atoms with E-state index in [0.717, 1.165) is 19.6 Å². The van der Waals surface area contributed by atoms with Gasteiger partial charge in [-0.15, -0.1) is 0 Å². The molecule has 0 aliphatic carbocycles. The Labute approximate surface area is 134 Å². The third-order valence-corrected chi connectivity index (χ3v) is 3.94. The fourth-order valence-electron chi connectivity index (χ4n) is 2.63. The average molecular weight is 303 g/mol. The van der Waals surface area contributed by atoms with Crippen LogP contribution in [0.15, 0.2) is 36.4 Å². The molecule has 1 aliphatic heterocycles. The van der Waals surface area contributed by atoms with E-state index in [2.05, 4.69) is 62.1 Å². The first kappa shape index (κ1) is 17.2. The SMILES string of the molecule is CCCCOCC1CN(C(C)C)C(/C=C/c2ccccc2)O1. The van der Waals surface area contributed by atoms with E-state index in [1.54, 1.807) is 0 Å². The molecule has 0 amide bonds. The van der Waals surface area contributed by atoms with Crippen LogP contribution in [0.3, 0.4) is 0 Å². The molecule has 122 valence electrons. The number of benzene rings is 1. The lowest BCUT2D eigenvalue weighted by molar-refractivity contribution is -0.0156. The van der Waals surface area contributed by atoms with Crippen LogP contribution in [0.4, 0.5) is 0 Å². The molecule has 2 atom stereocenters. The summed E-state index contributed by atoms with van der Waals surface area (Å²) in [7, 11) is 0. The smallest absolute Gasteiger partial charge is 0.130 e. The van der Waals surface area contributed by atoms with Crippen molar-refractivity contribution in [2.45, 2.75) is 52.0 Å². The molecule has 2 unspecified atom stereocenters. The number of rotatable bonds is 8. The van der Waals surface area contributed by atoms with Crippen molar-refractivity contribution in [2.75, 3.05) is 19.8 Å². The van der Waals surface area contributed by atoms with Gasteiger partial charge in [-0.1, -0.05) is 49.8 Å². The summed E-state index contributed by atoms with van der Waals surface area (Å²) >= 11 is 0. The van der Waals surface area contributed by atoms with Crippen LogP contribution < -0.4 is 0 Å². The van der Waals surface area contributed by atoms with Crippen LogP contribution in [0.1, 0.15) is 39.2 Å². The average Bonchev–Trinajstić information content (AvgIpc) is 2.94. The van der Waals surface area contributed by atoms with Gasteiger partial charge in [-0.25, -0.2) is 0 Å². The van der Waals surface area contributed by atoms with Crippen LogP contribution in [0.5, 0.6) is 0 Å². The fourth-order valence-corrected chi connectivity index (χ4v) is 2.63. The summed E-state index contributed by atoms with van der Waals surface area (Å²) in [6.07, 6.45) is 6.80. The van der Waals surface area contributed by atoms with Crippen LogP contribution in [-0.2, 0) is 9.47 Å². The van der Waals surface area contributed by atoms with E-state index in [-0.39, 0.29) is 12.3 Å². The topological polar surface area (TPSA) is 21.7 Å². The van der Waals surface area contributed by atoms with Crippen molar-refractivity contribution >= 4 is 6.08 Å². The molecule has 0 spiro atoms. The second-order valence-corrected chi connectivity index (χ2v) is 6.14. The molecule has 0 bridgehead atoms. The van der Waals surface area contributed by atoms with E-state index in [0.29, 0.717) is 12.6 Å². The number of hydrogen-bond acceptors (Lipinski definition) is 3. The van der Waals surface area contributed by atoms with Gasteiger partial charge in [0.2, 0.25) is 0 Å². The monoisotopic (exact) mass is 303 g/mol. The number of ether oxygens (including phenoxy) is 2. The number of unbranched alkanes of at least 4 members (excludes halogenated alkanes) is 1. The van der Waals surface area contributed by atoms with Crippen molar-refractivity contribution < 1.29 is 9.47 Å². The zero-order chi connectivity index (χ0) is 15.8. The highest BCUT2D eigenvalue weighted by molar-refractivity contribution is 5.49. The summed E-state index contributed by atoms with van der Waals surface area (Å²) in [6, 6.07) is 10.8. The van der Waals surface area contributed by atoms with Crippen molar-refractivity contribution in [3.8, 4) is 0 Å². The molecule has 1 saturated heterocycles. The van der Waals surface area contributed by atoms with E-state index < -0.39 is 0 Å². The van der Waals surface area contributed by atoms with Crippen molar-refractivity contribution in [3.05, 3.63) is 42.0 Å². The first-order valence-corrected chi connectivity index (χ1v) is 8.43. The molecule has 1 fully saturated rings. The molecule has 3 heteroatoms. The molecular weight excluding hydrogens is 274 g/mol. The highest BCUT2D eigenvalue weighted by atomic mass is 16.6. The maximum Gasteiger partial charge on any atom is 0.130 e. The van der Waals surface area contributed by atoms with Crippen LogP contribution in [0.25, 0.3) is 6.08 Å². The van der Waals surface area contributed by atoms with E-state index in [1.165, 1.54) is 12.0 Å². The minimum Gasteiger partial charge on any atom is -0.379 e. The first-order chi connectivity index (χ1) is 10.7. The molecule has 0 radical (unpaired) electrons. The normalized spacial score (nSPS) is 22.9. The van der Waals surface area contributed by atoms with Gasteiger partial charge >= 0.3 is 0 Å². The minimum absolute atomic E-state index is 0.0416. The molecule has 0 N–H and O–H groups in total. The largest absolute Gasteiger partial charge is 0.379 e. The molecule has 1 heterocycles. The van der Waals surface area contributed by atoms with Gasteiger partial charge in [0, 0.05) is 19.2 Å². The lowest BCUT2D eigenvalue weighted by Crippen LogP contribution is -2.35. The van der Waals surface area contributed by atoms with Crippen LogP contribution in [-0.4, -0.2) is 43.0 Å². The van der Waals surface area contributed by atoms with Gasteiger partial charge in [0.15, 0.2) is 0 Å². The number of nitrogens with zero attached hydrogens (tertiary/aromatic N) is 1. The fraction of sp³-hybridized carbons (Fsp3) is 0.579. The summed E-state index contributed by atoms with van der Waals surface area (Å²) < 4.78 is 11.9. The third-order valence-electron chi connectivity index (χ3n) is 3.94. The van der Waals surface area contributed by atoms with Gasteiger partial charge in [-0.3, -0.25) is 4.90 Å². The Bertz CT molecular complexity index is 444. The Morgan fingerprint density at radius 1 is 1.32 bits per heavy atom. The van der Waals surface area contributed by atoms with Gasteiger partial charge in [0.05, 0.1) is 12.7 Å². The van der Waals surface area contributed by atoms with E-state index in [1.807, 2.05) is 6.07 Å². The maximum atomic E-state index is 6.15. The zero-order valence-corrected chi connectivity index (χ0v) is 14.1. The first-order valence-electron chi connectivity index (χ1n) is 8.43. The lowest BCUT2D eigenvalue weighted by atomic mass is 10.2. The second kappa shape index (κ2) is 9.09. The summed E-state index contributed by atoms with van der Waals surface area (Å²) in [6.45, 7) is 9.08. The van der Waals surface area contributed by atoms with Gasteiger partial charge in [0.25, 0.3) is 0 Å². The summed E-state index contributed by atoms with van der Waals surface area (Å²) in [5, 5.41) is 0. The highest BCUT2D eigenvalue weighted by Crippen LogP contribution is 2.21. The molecule has 1 aromatic rings. The maximum absolute atomic E-state index is 6.15. The van der Waals surface area contributed by atoms with Gasteiger partial charge in [0.1, 0.15) is 6.23 Å². The minimum atomic E-state index is 0.0416. The Morgan fingerprint density at radius 3 is 2.77 bits per heavy atom. The third kappa shape index (κ3) is 5.24. The van der Waals surface area contributed by atoms with Gasteiger partial charge in [-0.05, 0) is 31.9 Å². The Balaban J connectivity index is 1.89. The summed E-state index contributed by atoms with van der Waals surface area (Å²) in [5.74, 6) is 0. The van der Waals surface area contributed by atoms with Gasteiger partial charge < -0.3 is 9.47 Å². The van der Waals surface area contributed by atoms with Gasteiger partial charge in [-0.2, -0.15) is 0 Å². The predicted molar refractivity (Wildman–Crippen MR) is 91.7 cm³/mol. The van der Waals surface area contributed by atoms with Crippen molar-refractivity contribution in [2.24, 2.45) is 0 Å². The van der Waals surface area contributed by atoms with Crippen molar-refractivity contribution in [1.29, 1.82) is 0 Å². The summed E-state index contributed by atoms with van der Waals surface area (Å²) in [5.41, 5.74) is 1.21. The molecule has 1 aromatic carbocycles. The van der Waals surface area contributed by atoms with E-state index in [9.17, 15) is 0 Å². The molecule has 1 aliphatic rings. The lowest BCUT2D eigenvalue weighted by Gasteiger charge is -2.24. The molecule has 2 rings (SSSR count). The highest BCUT2D eigenvalue weighted by Gasteiger charge is 2.32. The van der Waals surface area contributed by atoms with Crippen molar-refractivity contribution in [1.82, 2.24) is 4.90 Å². The van der Waals surface area contributed by atoms with E-state index >= 15 is 0 Å². The zero-order valence-electron chi connectivity index (χ0n) is 14.1. The standard InChI is InChI=1S/C19H29NO2/c1-4-5-13-21-15-18-14-20(16(2)3)19(22-18)12-11-17-9-7-6-8-10-17/h6-12,16,18-19H,4-5,13-15H2,1-3H3/b12-11+.